The molecule has 0 spiro atoms. The highest BCUT2D eigenvalue weighted by molar-refractivity contribution is 5.67. The van der Waals surface area contributed by atoms with Gasteiger partial charge in [0.2, 0.25) is 0 Å². The Morgan fingerprint density at radius 1 is 1.04 bits per heavy atom. The first kappa shape index (κ1) is 15.6. The van der Waals surface area contributed by atoms with Crippen LogP contribution in [0, 0.1) is 0 Å². The van der Waals surface area contributed by atoms with Gasteiger partial charge in [-0.25, -0.2) is 4.79 Å². The zero-order chi connectivity index (χ0) is 15.9. The molecule has 2 aromatic rings. The van der Waals surface area contributed by atoms with Crippen molar-refractivity contribution in [1.82, 2.24) is 10.2 Å². The fourth-order valence-electron chi connectivity index (χ4n) is 2.84. The summed E-state index contributed by atoms with van der Waals surface area (Å²) in [6.45, 7) is 2.51. The summed E-state index contributed by atoms with van der Waals surface area (Å²) in [7, 11) is 0. The molecule has 1 aliphatic rings. The summed E-state index contributed by atoms with van der Waals surface area (Å²) in [6.07, 6.45) is 0.692. The molecule has 0 aromatic heterocycles. The van der Waals surface area contributed by atoms with Crippen molar-refractivity contribution in [3.05, 3.63) is 71.8 Å². The lowest BCUT2D eigenvalue weighted by atomic mass is 10.0. The number of nitrogens with zero attached hydrogens (tertiary/aromatic N) is 1. The molecule has 0 bridgehead atoms. The quantitative estimate of drug-likeness (QED) is 0.944. The maximum atomic E-state index is 12.2. The van der Waals surface area contributed by atoms with Crippen LogP contribution >= 0.6 is 0 Å². The number of rotatable bonds is 4. The maximum absolute atomic E-state index is 12.2. The van der Waals surface area contributed by atoms with Crippen LogP contribution in [0.25, 0.3) is 0 Å². The van der Waals surface area contributed by atoms with Crippen LogP contribution in [0.2, 0.25) is 0 Å². The van der Waals surface area contributed by atoms with Gasteiger partial charge in [-0.1, -0.05) is 60.7 Å². The van der Waals surface area contributed by atoms with Crippen LogP contribution in [-0.2, 0) is 17.8 Å². The number of carbonyl (C=O) groups excluding carboxylic acids is 1. The Labute approximate surface area is 137 Å². The standard InChI is InChI=1S/C19H22N2O2/c22-19(23-15-17-9-5-2-6-10-17)21-12-11-20-18(14-21)13-16-7-3-1-4-8-16/h1-10,18,20H,11-15H2. The Hall–Kier alpha value is -2.33. The topological polar surface area (TPSA) is 41.6 Å². The summed E-state index contributed by atoms with van der Waals surface area (Å²) in [5, 5.41) is 3.48. The van der Waals surface area contributed by atoms with Gasteiger partial charge in [0.15, 0.2) is 0 Å². The van der Waals surface area contributed by atoms with E-state index in [-0.39, 0.29) is 12.1 Å². The van der Waals surface area contributed by atoms with E-state index >= 15 is 0 Å². The first-order chi connectivity index (χ1) is 11.3. The predicted octanol–water partition coefficient (Wildman–Crippen LogP) is 2.84. The first-order valence-electron chi connectivity index (χ1n) is 8.04. The van der Waals surface area contributed by atoms with Crippen LogP contribution in [0.1, 0.15) is 11.1 Å². The summed E-state index contributed by atoms with van der Waals surface area (Å²) in [4.78, 5) is 14.0. The lowest BCUT2D eigenvalue weighted by Crippen LogP contribution is -2.53. The molecule has 1 heterocycles. The van der Waals surface area contributed by atoms with Gasteiger partial charge in [-0.3, -0.25) is 0 Å². The molecule has 0 aliphatic carbocycles. The van der Waals surface area contributed by atoms with Crippen LogP contribution in [-0.4, -0.2) is 36.7 Å². The monoisotopic (exact) mass is 310 g/mol. The number of ether oxygens (including phenoxy) is 1. The number of piperazine rings is 1. The van der Waals surface area contributed by atoms with Gasteiger partial charge in [-0.15, -0.1) is 0 Å². The van der Waals surface area contributed by atoms with E-state index in [1.807, 2.05) is 48.5 Å². The number of benzene rings is 2. The third-order valence-corrected chi connectivity index (χ3v) is 4.04. The predicted molar refractivity (Wildman–Crippen MR) is 90.1 cm³/mol. The van der Waals surface area contributed by atoms with Gasteiger partial charge in [0.25, 0.3) is 0 Å². The molecule has 1 N–H and O–H groups in total. The molecule has 0 saturated carbocycles. The van der Waals surface area contributed by atoms with Crippen LogP contribution < -0.4 is 5.32 Å². The molecule has 1 amide bonds. The van der Waals surface area contributed by atoms with Crippen LogP contribution in [0.15, 0.2) is 60.7 Å². The van der Waals surface area contributed by atoms with Gasteiger partial charge in [-0.2, -0.15) is 0 Å². The van der Waals surface area contributed by atoms with E-state index in [9.17, 15) is 4.79 Å². The van der Waals surface area contributed by atoms with Crippen molar-refractivity contribution in [1.29, 1.82) is 0 Å². The minimum Gasteiger partial charge on any atom is -0.445 e. The van der Waals surface area contributed by atoms with E-state index in [2.05, 4.69) is 17.4 Å². The zero-order valence-corrected chi connectivity index (χ0v) is 13.2. The normalized spacial score (nSPS) is 17.7. The molecule has 1 saturated heterocycles. The van der Waals surface area contributed by atoms with Gasteiger partial charge in [-0.05, 0) is 17.5 Å². The van der Waals surface area contributed by atoms with E-state index < -0.39 is 0 Å². The Morgan fingerprint density at radius 2 is 1.70 bits per heavy atom. The fourth-order valence-corrected chi connectivity index (χ4v) is 2.84. The Balaban J connectivity index is 1.50. The molecule has 23 heavy (non-hydrogen) atoms. The average molecular weight is 310 g/mol. The second-order valence-electron chi connectivity index (χ2n) is 5.83. The molecule has 2 aromatic carbocycles. The van der Waals surface area contributed by atoms with E-state index in [0.717, 1.165) is 18.5 Å². The van der Waals surface area contributed by atoms with Crippen LogP contribution in [0.5, 0.6) is 0 Å². The molecule has 120 valence electrons. The molecular weight excluding hydrogens is 288 g/mol. The third-order valence-electron chi connectivity index (χ3n) is 4.04. The Morgan fingerprint density at radius 3 is 2.39 bits per heavy atom. The number of hydrogen-bond acceptors (Lipinski definition) is 3. The van der Waals surface area contributed by atoms with Gasteiger partial charge >= 0.3 is 6.09 Å². The molecule has 3 rings (SSSR count). The van der Waals surface area contributed by atoms with Crippen LogP contribution in [0.4, 0.5) is 4.79 Å². The molecule has 1 aliphatic heterocycles. The fraction of sp³-hybridized carbons (Fsp3) is 0.316. The highest BCUT2D eigenvalue weighted by atomic mass is 16.6. The summed E-state index contributed by atoms with van der Waals surface area (Å²) < 4.78 is 5.43. The minimum absolute atomic E-state index is 0.228. The first-order valence-corrected chi connectivity index (χ1v) is 8.04. The minimum atomic E-state index is -0.228. The summed E-state index contributed by atoms with van der Waals surface area (Å²) in [5.74, 6) is 0. The lowest BCUT2D eigenvalue weighted by molar-refractivity contribution is 0.0849. The van der Waals surface area contributed by atoms with Gasteiger partial charge in [0, 0.05) is 25.7 Å². The van der Waals surface area contributed by atoms with Crippen LogP contribution in [0.3, 0.4) is 0 Å². The lowest BCUT2D eigenvalue weighted by Gasteiger charge is -2.33. The summed E-state index contributed by atoms with van der Waals surface area (Å²) >= 11 is 0. The molecular formula is C19H22N2O2. The molecule has 0 radical (unpaired) electrons. The second kappa shape index (κ2) is 7.79. The Bertz CT molecular complexity index is 616. The van der Waals surface area contributed by atoms with Crippen molar-refractivity contribution in [3.8, 4) is 0 Å². The molecule has 1 unspecified atom stereocenters. The van der Waals surface area contributed by atoms with Crippen molar-refractivity contribution in [2.45, 2.75) is 19.1 Å². The zero-order valence-electron chi connectivity index (χ0n) is 13.2. The van der Waals surface area contributed by atoms with E-state index in [1.165, 1.54) is 5.56 Å². The van der Waals surface area contributed by atoms with Gasteiger partial charge < -0.3 is 15.0 Å². The molecule has 4 heteroatoms. The largest absolute Gasteiger partial charge is 0.445 e. The molecule has 1 fully saturated rings. The van der Waals surface area contributed by atoms with Crippen molar-refractivity contribution >= 4 is 6.09 Å². The van der Waals surface area contributed by atoms with E-state index in [0.29, 0.717) is 19.7 Å². The third kappa shape index (κ3) is 4.57. The number of nitrogens with one attached hydrogen (secondary N) is 1. The number of amides is 1. The Kier molecular flexibility index (Phi) is 5.27. The highest BCUT2D eigenvalue weighted by Crippen LogP contribution is 2.10. The molecule has 4 nitrogen and oxygen atoms in total. The second-order valence-corrected chi connectivity index (χ2v) is 5.83. The molecule has 1 atom stereocenters. The van der Waals surface area contributed by atoms with Crippen molar-refractivity contribution < 1.29 is 9.53 Å². The number of hydrogen-bond donors (Lipinski definition) is 1. The number of carbonyl (C=O) groups is 1. The summed E-state index contributed by atoms with van der Waals surface area (Å²) in [6, 6.07) is 20.4. The van der Waals surface area contributed by atoms with Crippen molar-refractivity contribution in [2.24, 2.45) is 0 Å². The summed E-state index contributed by atoms with van der Waals surface area (Å²) in [5.41, 5.74) is 2.29. The average Bonchev–Trinajstić information content (AvgIpc) is 2.62. The smallest absolute Gasteiger partial charge is 0.410 e. The van der Waals surface area contributed by atoms with Gasteiger partial charge in [0.05, 0.1) is 0 Å². The SMILES string of the molecule is O=C(OCc1ccccc1)N1CCNC(Cc2ccccc2)C1. The van der Waals surface area contributed by atoms with Crippen molar-refractivity contribution in [3.63, 3.8) is 0 Å². The van der Waals surface area contributed by atoms with Gasteiger partial charge in [0.1, 0.15) is 6.61 Å². The maximum Gasteiger partial charge on any atom is 0.410 e. The van der Waals surface area contributed by atoms with Crippen molar-refractivity contribution in [2.75, 3.05) is 19.6 Å². The van der Waals surface area contributed by atoms with E-state index in [1.54, 1.807) is 4.90 Å². The highest BCUT2D eigenvalue weighted by Gasteiger charge is 2.24. The van der Waals surface area contributed by atoms with E-state index in [4.69, 9.17) is 4.74 Å².